The molecule has 0 amide bonds. The normalized spacial score (nSPS) is 35.5. The molecule has 2 rings (SSSR count). The van der Waals surface area contributed by atoms with Crippen LogP contribution in [0.25, 0.3) is 0 Å². The summed E-state index contributed by atoms with van der Waals surface area (Å²) in [6.07, 6.45) is 10.9. The zero-order valence-corrected chi connectivity index (χ0v) is 20.0. The Morgan fingerprint density at radius 1 is 0.692 bits per heavy atom. The van der Waals surface area contributed by atoms with Gasteiger partial charge in [0.1, 0.15) is 0 Å². The van der Waals surface area contributed by atoms with Crippen molar-refractivity contribution in [2.24, 2.45) is 32.5 Å². The van der Waals surface area contributed by atoms with E-state index in [4.69, 9.17) is 0 Å². The molecule has 2 aliphatic carbocycles. The molecule has 150 valence electrons. The van der Waals surface area contributed by atoms with E-state index in [0.717, 1.165) is 0 Å². The molecule has 2 unspecified atom stereocenters. The fraction of sp³-hybridized carbons (Fsp3) is 0.885. The molecule has 2 radical (unpaired) electrons. The van der Waals surface area contributed by atoms with Crippen LogP contribution in [0.2, 0.25) is 0 Å². The quantitative estimate of drug-likeness (QED) is 0.381. The standard InChI is InChI=1S/C26H46/c1-21(2,3)25(11)20(19-16-14-13-15-17-19)23(7,8)18-24(9,10)26(25,12)22(4,5)6/h13-17H2,1-12H3. The van der Waals surface area contributed by atoms with E-state index in [1.54, 1.807) is 11.1 Å². The summed E-state index contributed by atoms with van der Waals surface area (Å²) in [6.45, 7) is 29.8. The second kappa shape index (κ2) is 6.12. The molecule has 0 heteroatoms. The van der Waals surface area contributed by atoms with Gasteiger partial charge in [-0.1, -0.05) is 101 Å². The minimum atomic E-state index is 0.0307. The van der Waals surface area contributed by atoms with E-state index in [2.05, 4.69) is 89.5 Å². The summed E-state index contributed by atoms with van der Waals surface area (Å²) in [5.74, 6) is 0. The lowest BCUT2D eigenvalue weighted by Gasteiger charge is -2.73. The number of rotatable bonds is 0. The van der Waals surface area contributed by atoms with Crippen molar-refractivity contribution in [3.05, 3.63) is 17.6 Å². The monoisotopic (exact) mass is 358 g/mol. The van der Waals surface area contributed by atoms with E-state index in [9.17, 15) is 0 Å². The van der Waals surface area contributed by atoms with Crippen LogP contribution in [-0.4, -0.2) is 0 Å². The van der Waals surface area contributed by atoms with Gasteiger partial charge in [0.2, 0.25) is 0 Å². The second-order valence-corrected chi connectivity index (χ2v) is 12.7. The van der Waals surface area contributed by atoms with Gasteiger partial charge in [-0.15, -0.1) is 0 Å². The third-order valence-corrected chi connectivity index (χ3v) is 8.81. The van der Waals surface area contributed by atoms with Crippen LogP contribution in [0, 0.1) is 38.9 Å². The van der Waals surface area contributed by atoms with Crippen molar-refractivity contribution in [3.63, 3.8) is 0 Å². The largest absolute Gasteiger partial charge is 0.0699 e. The first kappa shape index (κ1) is 22.0. The first-order chi connectivity index (χ1) is 11.4. The van der Waals surface area contributed by atoms with Crippen molar-refractivity contribution in [3.8, 4) is 0 Å². The van der Waals surface area contributed by atoms with Gasteiger partial charge in [-0.05, 0) is 52.8 Å². The lowest BCUT2D eigenvalue weighted by molar-refractivity contribution is -0.174. The molecule has 0 aliphatic heterocycles. The maximum absolute atomic E-state index is 4.15. The highest BCUT2D eigenvalue weighted by Gasteiger charge is 2.69. The van der Waals surface area contributed by atoms with Gasteiger partial charge in [-0.2, -0.15) is 0 Å². The average Bonchev–Trinajstić information content (AvgIpc) is 2.42. The molecule has 2 aliphatic rings. The van der Waals surface area contributed by atoms with Crippen molar-refractivity contribution >= 4 is 0 Å². The minimum absolute atomic E-state index is 0.0307. The Bertz CT molecular complexity index is 564. The summed E-state index contributed by atoms with van der Waals surface area (Å²) in [4.78, 5) is 0. The molecule has 0 aromatic heterocycles. The van der Waals surface area contributed by atoms with Crippen LogP contribution in [0.15, 0.2) is 11.1 Å². The third-order valence-electron chi connectivity index (χ3n) is 8.81. The molecule has 2 fully saturated rings. The topological polar surface area (TPSA) is 0 Å². The van der Waals surface area contributed by atoms with E-state index in [-0.39, 0.29) is 32.5 Å². The highest BCUT2D eigenvalue weighted by molar-refractivity contribution is 5.42. The molecule has 0 bridgehead atoms. The first-order valence-electron chi connectivity index (χ1n) is 11.0. The van der Waals surface area contributed by atoms with Gasteiger partial charge >= 0.3 is 0 Å². The Kier molecular flexibility index (Phi) is 5.18. The Hall–Kier alpha value is -0.260. The predicted octanol–water partition coefficient (Wildman–Crippen LogP) is 8.50. The van der Waals surface area contributed by atoms with Crippen LogP contribution in [0.4, 0.5) is 0 Å². The maximum atomic E-state index is 4.15. The van der Waals surface area contributed by atoms with Crippen LogP contribution in [0.3, 0.4) is 0 Å². The molecule has 2 saturated carbocycles. The molecule has 0 spiro atoms. The Morgan fingerprint density at radius 3 is 1.54 bits per heavy atom. The van der Waals surface area contributed by atoms with E-state index in [0.29, 0.717) is 0 Å². The molecular formula is C26H46. The van der Waals surface area contributed by atoms with Crippen LogP contribution < -0.4 is 0 Å². The van der Waals surface area contributed by atoms with Gasteiger partial charge in [0.25, 0.3) is 0 Å². The smallest absolute Gasteiger partial charge is 0.000438 e. The zero-order chi connectivity index (χ0) is 20.4. The Morgan fingerprint density at radius 2 is 1.15 bits per heavy atom. The van der Waals surface area contributed by atoms with Crippen LogP contribution in [-0.2, 0) is 0 Å². The molecular weight excluding hydrogens is 312 g/mol. The third kappa shape index (κ3) is 2.84. The maximum Gasteiger partial charge on any atom is 0.000438 e. The highest BCUT2D eigenvalue weighted by atomic mass is 14.7. The van der Waals surface area contributed by atoms with Crippen molar-refractivity contribution in [1.82, 2.24) is 0 Å². The Labute approximate surface area is 165 Å². The van der Waals surface area contributed by atoms with Crippen molar-refractivity contribution in [2.75, 3.05) is 0 Å². The van der Waals surface area contributed by atoms with Gasteiger partial charge in [-0.3, -0.25) is 0 Å². The average molecular weight is 359 g/mol. The molecule has 0 aromatic rings. The summed E-state index contributed by atoms with van der Waals surface area (Å²) in [5.41, 5.74) is 4.15. The van der Waals surface area contributed by atoms with Crippen molar-refractivity contribution in [2.45, 2.75) is 115 Å². The lowest BCUT2D eigenvalue weighted by Crippen LogP contribution is -2.66. The summed E-state index contributed by atoms with van der Waals surface area (Å²) in [5, 5.41) is 0. The highest BCUT2D eigenvalue weighted by Crippen LogP contribution is 2.76. The zero-order valence-electron chi connectivity index (χ0n) is 20.0. The SMILES string of the molecule is CC1(C)[C]C(C)(C)C(C)(C(C)(C)C)C(C)(C(C)(C)C)C1=C1CCCCC1. The molecule has 0 saturated heterocycles. The fourth-order valence-corrected chi connectivity index (χ4v) is 7.31. The number of hydrogen-bond donors (Lipinski definition) is 0. The summed E-state index contributed by atoms with van der Waals surface area (Å²) in [7, 11) is 0. The lowest BCUT2D eigenvalue weighted by atomic mass is 9.31. The van der Waals surface area contributed by atoms with Gasteiger partial charge in [-0.25, -0.2) is 0 Å². The minimum Gasteiger partial charge on any atom is -0.0699 e. The molecule has 2 atom stereocenters. The van der Waals surface area contributed by atoms with Crippen molar-refractivity contribution < 1.29 is 0 Å². The van der Waals surface area contributed by atoms with Crippen LogP contribution in [0.5, 0.6) is 0 Å². The van der Waals surface area contributed by atoms with E-state index in [1.807, 2.05) is 0 Å². The van der Waals surface area contributed by atoms with Crippen LogP contribution in [0.1, 0.15) is 115 Å². The summed E-state index contributed by atoms with van der Waals surface area (Å²) in [6, 6.07) is 0. The predicted molar refractivity (Wildman–Crippen MR) is 116 cm³/mol. The number of allylic oxidation sites excluding steroid dienone is 2. The summed E-state index contributed by atoms with van der Waals surface area (Å²) >= 11 is 0. The summed E-state index contributed by atoms with van der Waals surface area (Å²) < 4.78 is 0. The Balaban J connectivity index is 2.95. The molecule has 0 nitrogen and oxygen atoms in total. The van der Waals surface area contributed by atoms with Gasteiger partial charge in [0.05, 0.1) is 0 Å². The first-order valence-corrected chi connectivity index (χ1v) is 11.0. The number of hydrogen-bond acceptors (Lipinski definition) is 0. The van der Waals surface area contributed by atoms with Gasteiger partial charge in [0.15, 0.2) is 0 Å². The van der Waals surface area contributed by atoms with E-state index >= 15 is 0 Å². The molecule has 0 heterocycles. The van der Waals surface area contributed by atoms with Crippen molar-refractivity contribution in [1.29, 1.82) is 0 Å². The molecule has 0 aromatic carbocycles. The molecule has 0 N–H and O–H groups in total. The van der Waals surface area contributed by atoms with Gasteiger partial charge < -0.3 is 0 Å². The fourth-order valence-electron chi connectivity index (χ4n) is 7.31. The molecule has 26 heavy (non-hydrogen) atoms. The van der Waals surface area contributed by atoms with Crippen LogP contribution >= 0.6 is 0 Å². The van der Waals surface area contributed by atoms with E-state index in [1.165, 1.54) is 32.1 Å². The van der Waals surface area contributed by atoms with E-state index < -0.39 is 0 Å². The van der Waals surface area contributed by atoms with Gasteiger partial charge in [0, 0.05) is 11.8 Å². The second-order valence-electron chi connectivity index (χ2n) is 12.7.